The summed E-state index contributed by atoms with van der Waals surface area (Å²) in [5, 5.41) is 0. The third-order valence-electron chi connectivity index (χ3n) is 1.41. The monoisotopic (exact) mass is 177 g/mol. The zero-order valence-corrected chi connectivity index (χ0v) is 8.21. The Morgan fingerprint density at radius 1 is 1.38 bits per heavy atom. The molecule has 2 nitrogen and oxygen atoms in total. The van der Waals surface area contributed by atoms with Gasteiger partial charge in [0.05, 0.1) is 12.8 Å². The molecule has 0 unspecified atom stereocenters. The number of methoxy groups -OCH3 is 1. The number of hydrogen-bond acceptors (Lipinski definition) is 2. The highest BCUT2D eigenvalue weighted by molar-refractivity contribution is 5.57. The van der Waals surface area contributed by atoms with Crippen LogP contribution in [0.4, 0.5) is 0 Å². The van der Waals surface area contributed by atoms with Crippen LogP contribution >= 0.6 is 0 Å². The minimum Gasteiger partial charge on any atom is -0.497 e. The summed E-state index contributed by atoms with van der Waals surface area (Å²) in [5.41, 5.74) is 1.34. The molecule has 0 bridgehead atoms. The zero-order chi connectivity index (χ0) is 10.3. The van der Waals surface area contributed by atoms with Gasteiger partial charge in [0.1, 0.15) is 5.76 Å². The van der Waals surface area contributed by atoms with Crippen molar-refractivity contribution in [1.82, 2.24) is 0 Å². The molecule has 0 aromatic rings. The molecule has 0 aliphatic heterocycles. The molecule has 0 heterocycles. The van der Waals surface area contributed by atoms with Crippen molar-refractivity contribution in [2.24, 2.45) is 4.99 Å². The highest BCUT2D eigenvalue weighted by Crippen LogP contribution is 2.11. The quantitative estimate of drug-likeness (QED) is 0.359. The van der Waals surface area contributed by atoms with Crippen LogP contribution in [0.15, 0.2) is 53.9 Å². The molecule has 0 rings (SSSR count). The van der Waals surface area contributed by atoms with Crippen LogP contribution in [0, 0.1) is 0 Å². The average Bonchev–Trinajstić information content (AvgIpc) is 2.14. The van der Waals surface area contributed by atoms with E-state index in [1.165, 1.54) is 0 Å². The largest absolute Gasteiger partial charge is 0.497 e. The predicted octanol–water partition coefficient (Wildman–Crippen LogP) is 2.86. The van der Waals surface area contributed by atoms with Gasteiger partial charge in [0.15, 0.2) is 0 Å². The fourth-order valence-electron chi connectivity index (χ4n) is 0.695. The molecule has 0 atom stereocenters. The second-order valence-corrected chi connectivity index (χ2v) is 2.31. The van der Waals surface area contributed by atoms with Gasteiger partial charge in [0, 0.05) is 6.21 Å². The normalized spacial score (nSPS) is 11.4. The van der Waals surface area contributed by atoms with E-state index in [1.54, 1.807) is 25.5 Å². The van der Waals surface area contributed by atoms with Crippen molar-refractivity contribution >= 4 is 6.21 Å². The lowest BCUT2D eigenvalue weighted by atomic mass is 10.2. The molecule has 0 aliphatic rings. The lowest BCUT2D eigenvalue weighted by Gasteiger charge is -2.01. The van der Waals surface area contributed by atoms with Crippen LogP contribution in [0.3, 0.4) is 0 Å². The van der Waals surface area contributed by atoms with E-state index in [2.05, 4.69) is 24.7 Å². The average molecular weight is 177 g/mol. The molecule has 0 spiro atoms. The molecule has 0 aromatic heterocycles. The van der Waals surface area contributed by atoms with Crippen LogP contribution in [-0.4, -0.2) is 13.3 Å². The molecule has 0 amide bonds. The van der Waals surface area contributed by atoms with Crippen LogP contribution < -0.4 is 0 Å². The molecular weight excluding hydrogens is 162 g/mol. The third-order valence-corrected chi connectivity index (χ3v) is 1.41. The standard InChI is InChI=1S/C11H15NO/c1-6-11(13-5)8-9(3)10(4)12-7-2/h6-8H,1,3-4H2,2,5H3/b11-8+,12-7?. The first-order valence-electron chi connectivity index (χ1n) is 3.90. The Hall–Kier alpha value is -1.57. The molecule has 0 fully saturated rings. The van der Waals surface area contributed by atoms with Crippen LogP contribution in [-0.2, 0) is 4.74 Å². The molecule has 0 aliphatic carbocycles. The fourth-order valence-corrected chi connectivity index (χ4v) is 0.695. The Balaban J connectivity index is 4.53. The van der Waals surface area contributed by atoms with Crippen LogP contribution in [0.2, 0.25) is 0 Å². The van der Waals surface area contributed by atoms with E-state index in [0.717, 1.165) is 5.57 Å². The van der Waals surface area contributed by atoms with Crippen molar-refractivity contribution in [1.29, 1.82) is 0 Å². The first-order chi connectivity index (χ1) is 6.15. The second-order valence-electron chi connectivity index (χ2n) is 2.31. The molecule has 0 saturated heterocycles. The van der Waals surface area contributed by atoms with Gasteiger partial charge in [-0.25, -0.2) is 0 Å². The topological polar surface area (TPSA) is 21.6 Å². The number of ether oxygens (including phenoxy) is 1. The van der Waals surface area contributed by atoms with Gasteiger partial charge in [-0.3, -0.25) is 4.99 Å². The Morgan fingerprint density at radius 2 is 2.00 bits per heavy atom. The summed E-state index contributed by atoms with van der Waals surface area (Å²) in [4.78, 5) is 3.99. The molecule has 2 heteroatoms. The van der Waals surface area contributed by atoms with E-state index in [0.29, 0.717) is 11.5 Å². The predicted molar refractivity (Wildman–Crippen MR) is 57.7 cm³/mol. The van der Waals surface area contributed by atoms with Gasteiger partial charge in [-0.2, -0.15) is 0 Å². The van der Waals surface area contributed by atoms with Crippen molar-refractivity contribution in [3.05, 3.63) is 48.9 Å². The van der Waals surface area contributed by atoms with Gasteiger partial charge >= 0.3 is 0 Å². The summed E-state index contributed by atoms with van der Waals surface area (Å²) in [6.07, 6.45) is 5.01. The van der Waals surface area contributed by atoms with E-state index in [-0.39, 0.29) is 0 Å². The highest BCUT2D eigenvalue weighted by atomic mass is 16.5. The zero-order valence-electron chi connectivity index (χ0n) is 8.21. The van der Waals surface area contributed by atoms with Crippen LogP contribution in [0.5, 0.6) is 0 Å². The molecule has 0 saturated carbocycles. The van der Waals surface area contributed by atoms with Crippen molar-refractivity contribution in [2.45, 2.75) is 6.92 Å². The number of rotatable bonds is 5. The smallest absolute Gasteiger partial charge is 0.118 e. The van der Waals surface area contributed by atoms with E-state index in [1.807, 2.05) is 6.92 Å². The van der Waals surface area contributed by atoms with Gasteiger partial charge < -0.3 is 4.74 Å². The summed E-state index contributed by atoms with van der Waals surface area (Å²) in [7, 11) is 1.58. The second kappa shape index (κ2) is 6.00. The number of nitrogens with zero attached hydrogens (tertiary/aromatic N) is 1. The first-order valence-corrected chi connectivity index (χ1v) is 3.90. The van der Waals surface area contributed by atoms with Gasteiger partial charge in [0.2, 0.25) is 0 Å². The van der Waals surface area contributed by atoms with Gasteiger partial charge in [-0.05, 0) is 24.6 Å². The van der Waals surface area contributed by atoms with Crippen molar-refractivity contribution in [3.8, 4) is 0 Å². The summed E-state index contributed by atoms with van der Waals surface area (Å²) < 4.78 is 4.99. The molecule has 13 heavy (non-hydrogen) atoms. The lowest BCUT2D eigenvalue weighted by molar-refractivity contribution is 0.307. The first kappa shape index (κ1) is 11.4. The molecule has 0 radical (unpaired) electrons. The number of allylic oxidation sites excluding steroid dienone is 2. The Bertz CT molecular complexity index is 272. The minimum absolute atomic E-state index is 0.624. The van der Waals surface area contributed by atoms with Crippen molar-refractivity contribution < 1.29 is 4.74 Å². The van der Waals surface area contributed by atoms with Crippen LogP contribution in [0.25, 0.3) is 0 Å². The molecular formula is C11H15NO. The number of aliphatic imine (C=N–C) groups is 1. The van der Waals surface area contributed by atoms with E-state index in [9.17, 15) is 0 Å². The van der Waals surface area contributed by atoms with Gasteiger partial charge in [-0.15, -0.1) is 0 Å². The van der Waals surface area contributed by atoms with Crippen LogP contribution in [0.1, 0.15) is 6.92 Å². The summed E-state index contributed by atoms with van der Waals surface area (Å²) >= 11 is 0. The SMILES string of the molecule is C=C/C(=C\C(=C)C(=C)N=CC)OC. The fraction of sp³-hybridized carbons (Fsp3) is 0.182. The maximum Gasteiger partial charge on any atom is 0.118 e. The third kappa shape index (κ3) is 4.11. The summed E-state index contributed by atoms with van der Waals surface area (Å²) in [6.45, 7) is 12.9. The molecule has 0 N–H and O–H groups in total. The van der Waals surface area contributed by atoms with E-state index in [4.69, 9.17) is 4.74 Å². The molecule has 0 aromatic carbocycles. The van der Waals surface area contributed by atoms with Gasteiger partial charge in [0.25, 0.3) is 0 Å². The highest BCUT2D eigenvalue weighted by Gasteiger charge is 1.95. The van der Waals surface area contributed by atoms with E-state index >= 15 is 0 Å². The Kier molecular flexibility index (Phi) is 5.28. The lowest BCUT2D eigenvalue weighted by Crippen LogP contribution is -1.85. The van der Waals surface area contributed by atoms with E-state index < -0.39 is 0 Å². The molecule has 70 valence electrons. The maximum atomic E-state index is 4.99. The maximum absolute atomic E-state index is 4.99. The van der Waals surface area contributed by atoms with Crippen molar-refractivity contribution in [2.75, 3.05) is 7.11 Å². The van der Waals surface area contributed by atoms with Gasteiger partial charge in [-0.1, -0.05) is 19.7 Å². The minimum atomic E-state index is 0.624. The summed E-state index contributed by atoms with van der Waals surface area (Å²) in [5.74, 6) is 0.650. The Morgan fingerprint density at radius 3 is 2.38 bits per heavy atom. The Labute approximate surface area is 79.6 Å². The number of hydrogen-bond donors (Lipinski definition) is 0. The summed E-state index contributed by atoms with van der Waals surface area (Å²) in [6, 6.07) is 0. The van der Waals surface area contributed by atoms with Crippen molar-refractivity contribution in [3.63, 3.8) is 0 Å².